The predicted octanol–water partition coefficient (Wildman–Crippen LogP) is 1.91. The van der Waals surface area contributed by atoms with Gasteiger partial charge in [-0.15, -0.1) is 0 Å². The summed E-state index contributed by atoms with van der Waals surface area (Å²) in [5, 5.41) is 9.82. The maximum atomic E-state index is 13.2. The van der Waals surface area contributed by atoms with Crippen LogP contribution in [0.15, 0.2) is 58.4 Å². The molecule has 4 heterocycles. The molecule has 0 unspecified atom stereocenters. The van der Waals surface area contributed by atoms with E-state index in [1.54, 1.807) is 35.2 Å². The zero-order chi connectivity index (χ0) is 21.4. The van der Waals surface area contributed by atoms with Crippen LogP contribution in [-0.2, 0) is 13.1 Å². The van der Waals surface area contributed by atoms with E-state index in [2.05, 4.69) is 4.98 Å². The molecule has 1 N–H and O–H groups in total. The zero-order valence-corrected chi connectivity index (χ0v) is 16.8. The molecule has 0 saturated heterocycles. The SMILES string of the molecule is O=c1c2cc3c(=O)n(Cc4ccc5c(c4)OCCO5)ccc3nc2ccn1CCCO. The molecule has 3 aromatic heterocycles. The third-order valence-electron chi connectivity index (χ3n) is 5.41. The summed E-state index contributed by atoms with van der Waals surface area (Å²) in [5.41, 5.74) is 1.56. The van der Waals surface area contributed by atoms with Crippen LogP contribution in [-0.4, -0.2) is 39.0 Å². The number of aliphatic hydroxyl groups excluding tert-OH is 1. The number of hydrogen-bond donors (Lipinski definition) is 1. The lowest BCUT2D eigenvalue weighted by atomic mass is 10.1. The fourth-order valence-corrected chi connectivity index (χ4v) is 3.83. The van der Waals surface area contributed by atoms with Gasteiger partial charge >= 0.3 is 0 Å². The minimum absolute atomic E-state index is 0.00497. The number of aromatic nitrogens is 3. The van der Waals surface area contributed by atoms with Gasteiger partial charge in [-0.05, 0) is 42.3 Å². The van der Waals surface area contributed by atoms with Gasteiger partial charge in [-0.25, -0.2) is 4.98 Å². The van der Waals surface area contributed by atoms with Gasteiger partial charge in [0.25, 0.3) is 11.1 Å². The largest absolute Gasteiger partial charge is 0.486 e. The molecular formula is C23H21N3O5. The molecule has 0 fully saturated rings. The van der Waals surface area contributed by atoms with Gasteiger partial charge < -0.3 is 23.7 Å². The Balaban J connectivity index is 1.56. The lowest BCUT2D eigenvalue weighted by molar-refractivity contribution is 0.171. The fourth-order valence-electron chi connectivity index (χ4n) is 3.83. The quantitative estimate of drug-likeness (QED) is 0.497. The maximum absolute atomic E-state index is 13.2. The summed E-state index contributed by atoms with van der Waals surface area (Å²) in [6.45, 7) is 1.80. The number of nitrogens with zero attached hydrogens (tertiary/aromatic N) is 3. The van der Waals surface area contributed by atoms with Crippen molar-refractivity contribution < 1.29 is 14.6 Å². The van der Waals surface area contributed by atoms with E-state index in [0.717, 1.165) is 5.56 Å². The minimum atomic E-state index is -0.220. The van der Waals surface area contributed by atoms with Crippen LogP contribution in [0.3, 0.4) is 0 Å². The highest BCUT2D eigenvalue weighted by molar-refractivity contribution is 5.91. The van der Waals surface area contributed by atoms with Crippen LogP contribution in [0.2, 0.25) is 0 Å². The second-order valence-electron chi connectivity index (χ2n) is 7.47. The topological polar surface area (TPSA) is 95.6 Å². The maximum Gasteiger partial charge on any atom is 0.260 e. The van der Waals surface area contributed by atoms with Gasteiger partial charge in [0.1, 0.15) is 13.2 Å². The molecular weight excluding hydrogens is 398 g/mol. The lowest BCUT2D eigenvalue weighted by Gasteiger charge is -2.19. The van der Waals surface area contributed by atoms with E-state index < -0.39 is 0 Å². The summed E-state index contributed by atoms with van der Waals surface area (Å²) >= 11 is 0. The van der Waals surface area contributed by atoms with Gasteiger partial charge in [0.15, 0.2) is 11.5 Å². The van der Waals surface area contributed by atoms with Gasteiger partial charge in [0.05, 0.1) is 28.4 Å². The first kappa shape index (κ1) is 19.3. The average Bonchev–Trinajstić information content (AvgIpc) is 2.80. The molecule has 1 aliphatic heterocycles. The molecule has 0 aliphatic carbocycles. The highest BCUT2D eigenvalue weighted by Gasteiger charge is 2.13. The molecule has 5 rings (SSSR count). The summed E-state index contributed by atoms with van der Waals surface area (Å²) in [6, 6.07) is 10.8. The molecule has 158 valence electrons. The van der Waals surface area contributed by atoms with Gasteiger partial charge in [-0.2, -0.15) is 0 Å². The zero-order valence-electron chi connectivity index (χ0n) is 16.8. The summed E-state index contributed by atoms with van der Waals surface area (Å²) in [6.07, 6.45) is 3.86. The standard InChI is InChI=1S/C23H21N3O5/c27-9-1-6-25-7-4-18-16(22(25)28)13-17-19(24-18)5-8-26(23(17)29)14-15-2-3-20-21(12-15)31-11-10-30-20/h2-5,7-8,12-13,27H,1,6,9-11,14H2. The van der Waals surface area contributed by atoms with E-state index in [1.807, 2.05) is 18.2 Å². The normalized spacial score (nSPS) is 13.1. The van der Waals surface area contributed by atoms with E-state index in [1.165, 1.54) is 4.57 Å². The monoisotopic (exact) mass is 419 g/mol. The van der Waals surface area contributed by atoms with Crippen molar-refractivity contribution in [3.05, 3.63) is 75.1 Å². The molecule has 8 nitrogen and oxygen atoms in total. The fraction of sp³-hybridized carbons (Fsp3) is 0.261. The van der Waals surface area contributed by atoms with Crippen molar-refractivity contribution in [1.82, 2.24) is 14.1 Å². The van der Waals surface area contributed by atoms with Crippen LogP contribution in [0.25, 0.3) is 21.8 Å². The number of aliphatic hydroxyl groups is 1. The predicted molar refractivity (Wildman–Crippen MR) is 116 cm³/mol. The Labute approximate surface area is 176 Å². The van der Waals surface area contributed by atoms with E-state index in [0.29, 0.717) is 66.0 Å². The third kappa shape index (κ3) is 3.55. The van der Waals surface area contributed by atoms with Crippen molar-refractivity contribution in [3.8, 4) is 11.5 Å². The van der Waals surface area contributed by atoms with Gasteiger partial charge in [-0.3, -0.25) is 9.59 Å². The summed E-state index contributed by atoms with van der Waals surface area (Å²) in [5.74, 6) is 1.38. The molecule has 1 aliphatic rings. The number of pyridine rings is 3. The van der Waals surface area contributed by atoms with Gasteiger partial charge in [-0.1, -0.05) is 6.07 Å². The molecule has 0 radical (unpaired) electrons. The van der Waals surface area contributed by atoms with Crippen LogP contribution in [0, 0.1) is 0 Å². The Morgan fingerprint density at radius 1 is 0.871 bits per heavy atom. The number of ether oxygens (including phenoxy) is 2. The summed E-state index contributed by atoms with van der Waals surface area (Å²) in [4.78, 5) is 30.5. The Hall–Kier alpha value is -3.65. The van der Waals surface area contributed by atoms with Crippen molar-refractivity contribution in [1.29, 1.82) is 0 Å². The molecule has 4 aromatic rings. The first-order valence-corrected chi connectivity index (χ1v) is 10.2. The summed E-state index contributed by atoms with van der Waals surface area (Å²) < 4.78 is 14.3. The molecule has 0 spiro atoms. The molecule has 8 heteroatoms. The Morgan fingerprint density at radius 3 is 2.29 bits per heavy atom. The van der Waals surface area contributed by atoms with Crippen molar-refractivity contribution in [3.63, 3.8) is 0 Å². The number of hydrogen-bond acceptors (Lipinski definition) is 6. The van der Waals surface area contributed by atoms with Crippen molar-refractivity contribution in [2.24, 2.45) is 0 Å². The molecule has 0 atom stereocenters. The van der Waals surface area contributed by atoms with Crippen molar-refractivity contribution >= 4 is 21.8 Å². The number of fused-ring (bicyclic) bond motifs is 3. The van der Waals surface area contributed by atoms with Gasteiger partial charge in [0.2, 0.25) is 0 Å². The Bertz CT molecular complexity index is 1410. The second-order valence-corrected chi connectivity index (χ2v) is 7.47. The van der Waals surface area contributed by atoms with Crippen LogP contribution in [0.1, 0.15) is 12.0 Å². The number of benzene rings is 1. The average molecular weight is 419 g/mol. The molecule has 0 saturated carbocycles. The molecule has 0 bridgehead atoms. The summed E-state index contributed by atoms with van der Waals surface area (Å²) in [7, 11) is 0. The third-order valence-corrected chi connectivity index (χ3v) is 5.41. The molecule has 0 amide bonds. The minimum Gasteiger partial charge on any atom is -0.486 e. The Morgan fingerprint density at radius 2 is 1.55 bits per heavy atom. The van der Waals surface area contributed by atoms with Crippen LogP contribution >= 0.6 is 0 Å². The first-order valence-electron chi connectivity index (χ1n) is 10.2. The Kier molecular flexibility index (Phi) is 4.91. The van der Waals surface area contributed by atoms with Crippen LogP contribution in [0.4, 0.5) is 0 Å². The number of rotatable bonds is 5. The van der Waals surface area contributed by atoms with E-state index in [-0.39, 0.29) is 17.7 Å². The van der Waals surface area contributed by atoms with Crippen LogP contribution in [0.5, 0.6) is 11.5 Å². The van der Waals surface area contributed by atoms with E-state index in [4.69, 9.17) is 14.6 Å². The van der Waals surface area contributed by atoms with E-state index in [9.17, 15) is 9.59 Å². The first-order chi connectivity index (χ1) is 15.1. The van der Waals surface area contributed by atoms with Crippen molar-refractivity contribution in [2.75, 3.05) is 19.8 Å². The number of aryl methyl sites for hydroxylation is 1. The molecule has 1 aromatic carbocycles. The van der Waals surface area contributed by atoms with E-state index >= 15 is 0 Å². The lowest BCUT2D eigenvalue weighted by Crippen LogP contribution is -2.23. The molecule has 31 heavy (non-hydrogen) atoms. The smallest absolute Gasteiger partial charge is 0.260 e. The van der Waals surface area contributed by atoms with Crippen molar-refractivity contribution in [2.45, 2.75) is 19.5 Å². The second kappa shape index (κ2) is 7.88. The van der Waals surface area contributed by atoms with Crippen LogP contribution < -0.4 is 20.6 Å². The van der Waals surface area contributed by atoms with Gasteiger partial charge in [0, 0.05) is 25.5 Å². The highest BCUT2D eigenvalue weighted by atomic mass is 16.6. The highest BCUT2D eigenvalue weighted by Crippen LogP contribution is 2.30.